The lowest BCUT2D eigenvalue weighted by Crippen LogP contribution is -2.16. The maximum absolute atomic E-state index is 5.98. The predicted molar refractivity (Wildman–Crippen MR) is 95.0 cm³/mol. The summed E-state index contributed by atoms with van der Waals surface area (Å²) in [5.74, 6) is 0.984. The third kappa shape index (κ3) is 4.52. The van der Waals surface area contributed by atoms with Crippen molar-refractivity contribution in [2.24, 2.45) is 0 Å². The zero-order chi connectivity index (χ0) is 16.2. The molecule has 0 atom stereocenters. The number of benzene rings is 2. The normalized spacial score (nSPS) is 11.3. The molecule has 0 radical (unpaired) electrons. The van der Waals surface area contributed by atoms with Crippen molar-refractivity contribution in [2.45, 2.75) is 40.0 Å². The van der Waals surface area contributed by atoms with Gasteiger partial charge in [0.2, 0.25) is 0 Å². The molecule has 0 bridgehead atoms. The molecule has 0 aliphatic rings. The second-order valence-corrected chi connectivity index (χ2v) is 6.90. The van der Waals surface area contributed by atoms with E-state index in [0.717, 1.165) is 18.0 Å². The molecule has 2 nitrogen and oxygen atoms in total. The lowest BCUT2D eigenvalue weighted by molar-refractivity contribution is 0.323. The van der Waals surface area contributed by atoms with E-state index in [9.17, 15) is 0 Å². The molecule has 0 spiro atoms. The number of anilines is 1. The summed E-state index contributed by atoms with van der Waals surface area (Å²) in [7, 11) is 0. The van der Waals surface area contributed by atoms with Crippen molar-refractivity contribution >= 4 is 5.69 Å². The summed E-state index contributed by atoms with van der Waals surface area (Å²) >= 11 is 0. The largest absolute Gasteiger partial charge is 0.491 e. The van der Waals surface area contributed by atoms with E-state index >= 15 is 0 Å². The summed E-state index contributed by atoms with van der Waals surface area (Å²) in [5, 5.41) is 3.43. The Hall–Kier alpha value is -1.96. The molecule has 2 aromatic rings. The maximum Gasteiger partial charge on any atom is 0.123 e. The molecule has 1 N–H and O–H groups in total. The average Bonchev–Trinajstić information content (AvgIpc) is 2.42. The first-order valence-corrected chi connectivity index (χ1v) is 7.91. The van der Waals surface area contributed by atoms with Gasteiger partial charge in [0.1, 0.15) is 12.4 Å². The van der Waals surface area contributed by atoms with Crippen LogP contribution < -0.4 is 10.1 Å². The fourth-order valence-electron chi connectivity index (χ4n) is 2.65. The summed E-state index contributed by atoms with van der Waals surface area (Å²) < 4.78 is 5.98. The van der Waals surface area contributed by atoms with Gasteiger partial charge in [-0.15, -0.1) is 0 Å². The van der Waals surface area contributed by atoms with Crippen molar-refractivity contribution < 1.29 is 4.74 Å². The standard InChI is InChI=1S/C20H27NO/c1-15-12-16(2)14-17(13-15)21-10-11-22-19-9-7-6-8-18(19)20(3,4)5/h6-9,12-14,21H,10-11H2,1-5H3. The van der Waals surface area contributed by atoms with Gasteiger partial charge in [-0.1, -0.05) is 45.0 Å². The Morgan fingerprint density at radius 2 is 1.59 bits per heavy atom. The molecule has 0 saturated carbocycles. The van der Waals surface area contributed by atoms with Crippen LogP contribution in [-0.2, 0) is 5.41 Å². The van der Waals surface area contributed by atoms with Crippen LogP contribution in [0.15, 0.2) is 42.5 Å². The van der Waals surface area contributed by atoms with E-state index in [0.29, 0.717) is 6.61 Å². The van der Waals surface area contributed by atoms with Crippen molar-refractivity contribution in [3.63, 3.8) is 0 Å². The van der Waals surface area contributed by atoms with Gasteiger partial charge in [0.05, 0.1) is 0 Å². The first-order chi connectivity index (χ1) is 10.4. The van der Waals surface area contributed by atoms with E-state index in [1.807, 2.05) is 6.07 Å². The summed E-state index contributed by atoms with van der Waals surface area (Å²) in [5.41, 5.74) is 5.06. The number of hydrogen-bond donors (Lipinski definition) is 1. The Labute approximate surface area is 134 Å². The molecule has 2 rings (SSSR count). The van der Waals surface area contributed by atoms with E-state index in [4.69, 9.17) is 4.74 Å². The van der Waals surface area contributed by atoms with Gasteiger partial charge < -0.3 is 10.1 Å². The van der Waals surface area contributed by atoms with Gasteiger partial charge in [0, 0.05) is 12.2 Å². The number of aryl methyl sites for hydroxylation is 2. The van der Waals surface area contributed by atoms with E-state index in [1.165, 1.54) is 16.7 Å². The van der Waals surface area contributed by atoms with Crippen LogP contribution in [0.5, 0.6) is 5.75 Å². The second-order valence-electron chi connectivity index (χ2n) is 6.90. The number of para-hydroxylation sites is 1. The first kappa shape index (κ1) is 16.4. The van der Waals surface area contributed by atoms with Crippen LogP contribution in [0, 0.1) is 13.8 Å². The van der Waals surface area contributed by atoms with Crippen LogP contribution in [-0.4, -0.2) is 13.2 Å². The summed E-state index contributed by atoms with van der Waals surface area (Å²) in [4.78, 5) is 0. The minimum absolute atomic E-state index is 0.0949. The molecule has 0 saturated heterocycles. The van der Waals surface area contributed by atoms with E-state index < -0.39 is 0 Å². The molecule has 0 aliphatic carbocycles. The third-order valence-corrected chi connectivity index (χ3v) is 3.61. The van der Waals surface area contributed by atoms with Crippen LogP contribution in [0.2, 0.25) is 0 Å². The first-order valence-electron chi connectivity index (χ1n) is 7.91. The molecule has 0 aliphatic heterocycles. The second kappa shape index (κ2) is 6.87. The van der Waals surface area contributed by atoms with Crippen molar-refractivity contribution in [3.05, 3.63) is 59.2 Å². The molecule has 2 heteroatoms. The molecular formula is C20H27NO. The topological polar surface area (TPSA) is 21.3 Å². The highest BCUT2D eigenvalue weighted by Crippen LogP contribution is 2.30. The predicted octanol–water partition coefficient (Wildman–Crippen LogP) is 5.09. The van der Waals surface area contributed by atoms with Crippen LogP contribution in [0.1, 0.15) is 37.5 Å². The smallest absolute Gasteiger partial charge is 0.123 e. The minimum Gasteiger partial charge on any atom is -0.491 e. The number of nitrogens with one attached hydrogen (secondary N) is 1. The molecule has 0 unspecified atom stereocenters. The molecule has 118 valence electrons. The zero-order valence-electron chi connectivity index (χ0n) is 14.4. The quantitative estimate of drug-likeness (QED) is 0.776. The molecule has 0 heterocycles. The highest BCUT2D eigenvalue weighted by atomic mass is 16.5. The van der Waals surface area contributed by atoms with E-state index in [-0.39, 0.29) is 5.41 Å². The lowest BCUT2D eigenvalue weighted by Gasteiger charge is -2.22. The van der Waals surface area contributed by atoms with Crippen LogP contribution in [0.4, 0.5) is 5.69 Å². The molecule has 2 aromatic carbocycles. The van der Waals surface area contributed by atoms with Crippen LogP contribution >= 0.6 is 0 Å². The van der Waals surface area contributed by atoms with Gasteiger partial charge >= 0.3 is 0 Å². The Balaban J connectivity index is 1.92. The van der Waals surface area contributed by atoms with Gasteiger partial charge in [0.15, 0.2) is 0 Å². The fraction of sp³-hybridized carbons (Fsp3) is 0.400. The Bertz CT molecular complexity index is 606. The minimum atomic E-state index is 0.0949. The van der Waals surface area contributed by atoms with Crippen molar-refractivity contribution in [3.8, 4) is 5.75 Å². The van der Waals surface area contributed by atoms with E-state index in [2.05, 4.69) is 76.3 Å². The Kier molecular flexibility index (Phi) is 5.12. The monoisotopic (exact) mass is 297 g/mol. The highest BCUT2D eigenvalue weighted by molar-refractivity contribution is 5.48. The van der Waals surface area contributed by atoms with Gasteiger partial charge in [-0.25, -0.2) is 0 Å². The Morgan fingerprint density at radius 3 is 2.23 bits per heavy atom. The molecule has 0 amide bonds. The highest BCUT2D eigenvalue weighted by Gasteiger charge is 2.18. The van der Waals surface area contributed by atoms with Crippen LogP contribution in [0.3, 0.4) is 0 Å². The zero-order valence-corrected chi connectivity index (χ0v) is 14.4. The molecule has 22 heavy (non-hydrogen) atoms. The van der Waals surface area contributed by atoms with Crippen molar-refractivity contribution in [1.82, 2.24) is 0 Å². The lowest BCUT2D eigenvalue weighted by atomic mass is 9.86. The number of rotatable bonds is 5. The maximum atomic E-state index is 5.98. The van der Waals surface area contributed by atoms with Gasteiger partial charge in [-0.05, 0) is 54.2 Å². The van der Waals surface area contributed by atoms with Crippen LogP contribution in [0.25, 0.3) is 0 Å². The number of hydrogen-bond acceptors (Lipinski definition) is 2. The van der Waals surface area contributed by atoms with Gasteiger partial charge in [-0.3, -0.25) is 0 Å². The summed E-state index contributed by atoms with van der Waals surface area (Å²) in [6, 6.07) is 14.8. The Morgan fingerprint density at radius 1 is 0.955 bits per heavy atom. The van der Waals surface area contributed by atoms with Gasteiger partial charge in [-0.2, -0.15) is 0 Å². The van der Waals surface area contributed by atoms with E-state index in [1.54, 1.807) is 0 Å². The number of ether oxygens (including phenoxy) is 1. The molecular weight excluding hydrogens is 270 g/mol. The molecule has 0 aromatic heterocycles. The summed E-state index contributed by atoms with van der Waals surface area (Å²) in [6.07, 6.45) is 0. The summed E-state index contributed by atoms with van der Waals surface area (Å²) in [6.45, 7) is 12.3. The van der Waals surface area contributed by atoms with Gasteiger partial charge in [0.25, 0.3) is 0 Å². The third-order valence-electron chi connectivity index (χ3n) is 3.61. The fourth-order valence-corrected chi connectivity index (χ4v) is 2.65. The molecule has 0 fully saturated rings. The SMILES string of the molecule is Cc1cc(C)cc(NCCOc2ccccc2C(C)(C)C)c1. The van der Waals surface area contributed by atoms with Crippen molar-refractivity contribution in [2.75, 3.05) is 18.5 Å². The van der Waals surface area contributed by atoms with Crippen molar-refractivity contribution in [1.29, 1.82) is 0 Å². The average molecular weight is 297 g/mol.